The summed E-state index contributed by atoms with van der Waals surface area (Å²) < 4.78 is 10.7. The molecule has 0 aromatic heterocycles. The molecule has 0 spiro atoms. The van der Waals surface area contributed by atoms with Crippen molar-refractivity contribution in [2.75, 3.05) is 20.6 Å². The van der Waals surface area contributed by atoms with Gasteiger partial charge in [-0.25, -0.2) is 9.59 Å². The Labute approximate surface area is 181 Å². The van der Waals surface area contributed by atoms with Gasteiger partial charge in [-0.2, -0.15) is 0 Å². The number of hydrogen-bond acceptors (Lipinski definition) is 5. The Morgan fingerprint density at radius 3 is 1.97 bits per heavy atom. The molecule has 0 aliphatic rings. The molecular weight excluding hydrogens is 382 g/mol. The Morgan fingerprint density at radius 1 is 1.00 bits per heavy atom. The van der Waals surface area contributed by atoms with E-state index in [1.165, 1.54) is 4.90 Å². The quantitative estimate of drug-likeness (QED) is 0.678. The third kappa shape index (κ3) is 9.48. The summed E-state index contributed by atoms with van der Waals surface area (Å²) in [7, 11) is 3.28. The minimum Gasteiger partial charge on any atom is -0.444 e. The lowest BCUT2D eigenvalue weighted by Gasteiger charge is -2.34. The molecule has 0 saturated heterocycles. The maximum Gasteiger partial charge on any atom is 0.414 e. The van der Waals surface area contributed by atoms with E-state index in [0.29, 0.717) is 30.8 Å². The number of nitrogens with zero attached hydrogens (tertiary/aromatic N) is 2. The van der Waals surface area contributed by atoms with Gasteiger partial charge in [-0.3, -0.25) is 4.90 Å². The van der Waals surface area contributed by atoms with E-state index in [1.807, 2.05) is 32.9 Å². The van der Waals surface area contributed by atoms with Gasteiger partial charge in [-0.1, -0.05) is 12.1 Å². The largest absolute Gasteiger partial charge is 0.444 e. The van der Waals surface area contributed by atoms with Gasteiger partial charge in [0.15, 0.2) is 0 Å². The van der Waals surface area contributed by atoms with E-state index in [4.69, 9.17) is 9.47 Å². The first kappa shape index (κ1) is 25.8. The highest BCUT2D eigenvalue weighted by Gasteiger charge is 2.24. The van der Waals surface area contributed by atoms with Crippen molar-refractivity contribution in [1.82, 2.24) is 15.1 Å². The summed E-state index contributed by atoms with van der Waals surface area (Å²) in [4.78, 5) is 27.8. The number of carbonyl (C=O) groups excluding carboxylic acids is 2. The summed E-state index contributed by atoms with van der Waals surface area (Å²) in [6.45, 7) is 14.9. The molecule has 170 valence electrons. The van der Waals surface area contributed by atoms with Gasteiger partial charge >= 0.3 is 12.2 Å². The fraction of sp³-hybridized carbons (Fsp3) is 0.652. The third-order valence-corrected chi connectivity index (χ3v) is 4.45. The van der Waals surface area contributed by atoms with Crippen LogP contribution in [-0.2, 0) is 11.2 Å². The number of ether oxygens (including phenoxy) is 2. The molecule has 1 atom stereocenters. The molecule has 0 bridgehead atoms. The Bertz CT molecular complexity index is 671. The first-order valence-corrected chi connectivity index (χ1v) is 10.5. The second kappa shape index (κ2) is 11.2. The molecule has 0 radical (unpaired) electrons. The van der Waals surface area contributed by atoms with Crippen LogP contribution in [0.25, 0.3) is 0 Å². The minimum atomic E-state index is -0.553. The van der Waals surface area contributed by atoms with E-state index in [1.54, 1.807) is 26.2 Å². The summed E-state index contributed by atoms with van der Waals surface area (Å²) in [5.41, 5.74) is 0.482. The molecule has 0 fully saturated rings. The molecule has 1 N–H and O–H groups in total. The lowest BCUT2D eigenvalue weighted by molar-refractivity contribution is 0.0477. The van der Waals surface area contributed by atoms with Crippen LogP contribution >= 0.6 is 0 Å². The van der Waals surface area contributed by atoms with Gasteiger partial charge in [0.05, 0.1) is 0 Å². The molecule has 1 aromatic carbocycles. The number of alkyl carbamates (subject to hydrolysis) is 1. The van der Waals surface area contributed by atoms with Crippen LogP contribution in [0.15, 0.2) is 24.3 Å². The number of benzene rings is 1. The van der Waals surface area contributed by atoms with Gasteiger partial charge in [0.1, 0.15) is 11.4 Å². The van der Waals surface area contributed by atoms with Crippen LogP contribution < -0.4 is 10.1 Å². The average Bonchev–Trinajstić information content (AvgIpc) is 2.58. The van der Waals surface area contributed by atoms with Crippen LogP contribution in [0.2, 0.25) is 0 Å². The monoisotopic (exact) mass is 421 g/mol. The van der Waals surface area contributed by atoms with Gasteiger partial charge in [0.2, 0.25) is 0 Å². The van der Waals surface area contributed by atoms with Crippen molar-refractivity contribution in [3.05, 3.63) is 29.8 Å². The second-order valence-corrected chi connectivity index (χ2v) is 9.34. The molecule has 30 heavy (non-hydrogen) atoms. The topological polar surface area (TPSA) is 71.1 Å². The van der Waals surface area contributed by atoms with E-state index < -0.39 is 17.8 Å². The third-order valence-electron chi connectivity index (χ3n) is 4.45. The second-order valence-electron chi connectivity index (χ2n) is 9.34. The normalized spacial score (nSPS) is 12.8. The summed E-state index contributed by atoms with van der Waals surface area (Å²) in [6.07, 6.45) is -0.204. The molecule has 0 heterocycles. The van der Waals surface area contributed by atoms with Gasteiger partial charge in [-0.05, 0) is 72.6 Å². The highest BCUT2D eigenvalue weighted by atomic mass is 16.6. The predicted octanol–water partition coefficient (Wildman–Crippen LogP) is 4.30. The van der Waals surface area contributed by atoms with Crippen molar-refractivity contribution < 1.29 is 19.1 Å². The zero-order valence-corrected chi connectivity index (χ0v) is 20.0. The fourth-order valence-electron chi connectivity index (χ4n) is 3.08. The van der Waals surface area contributed by atoms with E-state index in [0.717, 1.165) is 5.56 Å². The Balaban J connectivity index is 2.93. The maximum absolute atomic E-state index is 12.4. The Kier molecular flexibility index (Phi) is 9.62. The average molecular weight is 422 g/mol. The van der Waals surface area contributed by atoms with Crippen molar-refractivity contribution in [2.45, 2.75) is 78.6 Å². The lowest BCUT2D eigenvalue weighted by Crippen LogP contribution is -2.50. The standard InChI is InChI=1S/C23H39N3O4/c1-16(2)26(17(3)4)15-19(24-21(27)30-23(5,6)7)14-18-10-12-20(13-11-18)29-22(28)25(8)9/h10-13,16-17,19H,14-15H2,1-9H3,(H,24,27)/t19-/m0/s1. The van der Waals surface area contributed by atoms with Crippen LogP contribution in [0.4, 0.5) is 9.59 Å². The van der Waals surface area contributed by atoms with Gasteiger partial charge in [-0.15, -0.1) is 0 Å². The van der Waals surface area contributed by atoms with Gasteiger partial charge < -0.3 is 19.7 Å². The minimum absolute atomic E-state index is 0.125. The van der Waals surface area contributed by atoms with Crippen molar-refractivity contribution >= 4 is 12.2 Å². The smallest absolute Gasteiger partial charge is 0.414 e. The molecule has 1 rings (SSSR count). The molecular formula is C23H39N3O4. The molecule has 0 saturated carbocycles. The zero-order valence-electron chi connectivity index (χ0n) is 20.0. The number of amides is 2. The Hall–Kier alpha value is -2.28. The highest BCUT2D eigenvalue weighted by molar-refractivity contribution is 5.70. The SMILES string of the molecule is CC(C)N(C[C@H](Cc1ccc(OC(=O)N(C)C)cc1)NC(=O)OC(C)(C)C)C(C)C. The molecule has 7 heteroatoms. The number of rotatable bonds is 8. The fourth-order valence-corrected chi connectivity index (χ4v) is 3.08. The molecule has 7 nitrogen and oxygen atoms in total. The molecule has 1 aromatic rings. The van der Waals surface area contributed by atoms with E-state index in [2.05, 4.69) is 37.9 Å². The van der Waals surface area contributed by atoms with E-state index >= 15 is 0 Å². The van der Waals surface area contributed by atoms with Crippen molar-refractivity contribution in [3.63, 3.8) is 0 Å². The first-order chi connectivity index (χ1) is 13.8. The number of nitrogens with one attached hydrogen (secondary N) is 1. The van der Waals surface area contributed by atoms with Gasteiger partial charge in [0.25, 0.3) is 0 Å². The summed E-state index contributed by atoms with van der Waals surface area (Å²) in [5.74, 6) is 0.486. The van der Waals surface area contributed by atoms with Crippen molar-refractivity contribution in [2.24, 2.45) is 0 Å². The highest BCUT2D eigenvalue weighted by Crippen LogP contribution is 2.16. The van der Waals surface area contributed by atoms with Crippen LogP contribution in [0.3, 0.4) is 0 Å². The summed E-state index contributed by atoms with van der Waals surface area (Å²) >= 11 is 0. The predicted molar refractivity (Wildman–Crippen MR) is 120 cm³/mol. The van der Waals surface area contributed by atoms with Crippen LogP contribution in [0.5, 0.6) is 5.75 Å². The molecule has 0 unspecified atom stereocenters. The Morgan fingerprint density at radius 2 is 1.53 bits per heavy atom. The maximum atomic E-state index is 12.4. The summed E-state index contributed by atoms with van der Waals surface area (Å²) in [5, 5.41) is 3.03. The number of hydrogen-bond donors (Lipinski definition) is 1. The van der Waals surface area contributed by atoms with Crippen molar-refractivity contribution in [3.8, 4) is 5.75 Å². The van der Waals surface area contributed by atoms with Crippen LogP contribution in [0.1, 0.15) is 54.0 Å². The first-order valence-electron chi connectivity index (χ1n) is 10.5. The number of carbonyl (C=O) groups is 2. The van der Waals surface area contributed by atoms with Crippen molar-refractivity contribution in [1.29, 1.82) is 0 Å². The van der Waals surface area contributed by atoms with Crippen LogP contribution in [-0.4, -0.2) is 66.4 Å². The molecule has 0 aliphatic heterocycles. The van der Waals surface area contributed by atoms with Gasteiger partial charge in [0, 0.05) is 38.8 Å². The molecule has 2 amide bonds. The lowest BCUT2D eigenvalue weighted by atomic mass is 10.0. The van der Waals surface area contributed by atoms with Crippen LogP contribution in [0, 0.1) is 0 Å². The zero-order chi connectivity index (χ0) is 23.1. The summed E-state index contributed by atoms with van der Waals surface area (Å²) in [6, 6.07) is 7.93. The van der Waals surface area contributed by atoms with E-state index in [9.17, 15) is 9.59 Å². The van der Waals surface area contributed by atoms with E-state index in [-0.39, 0.29) is 6.04 Å². The molecule has 0 aliphatic carbocycles.